The van der Waals surface area contributed by atoms with E-state index in [1.165, 1.54) is 37.3 Å². The van der Waals surface area contributed by atoms with E-state index >= 15 is 0 Å². The van der Waals surface area contributed by atoms with Gasteiger partial charge in [0.2, 0.25) is 0 Å². The summed E-state index contributed by atoms with van der Waals surface area (Å²) < 4.78 is 13.1. The molecule has 1 saturated carbocycles. The topological polar surface area (TPSA) is 12.0 Å². The molecular weight excluding hydrogens is 261 g/mol. The molecule has 0 saturated heterocycles. The van der Waals surface area contributed by atoms with Crippen molar-refractivity contribution in [3.05, 3.63) is 65.5 Å². The smallest absolute Gasteiger partial charge is 0.123 e. The summed E-state index contributed by atoms with van der Waals surface area (Å²) in [6.07, 6.45) is 4.80. The highest BCUT2D eigenvalue weighted by atomic mass is 19.1. The molecule has 2 aromatic rings. The predicted molar refractivity (Wildman–Crippen MR) is 86.2 cm³/mol. The van der Waals surface area contributed by atoms with E-state index < -0.39 is 0 Å². The Labute approximate surface area is 126 Å². The number of nitrogens with one attached hydrogen (secondary N) is 1. The van der Waals surface area contributed by atoms with Gasteiger partial charge in [0, 0.05) is 11.7 Å². The van der Waals surface area contributed by atoms with Crippen LogP contribution in [0.25, 0.3) is 0 Å². The molecule has 3 rings (SSSR count). The fourth-order valence-electron chi connectivity index (χ4n) is 3.31. The van der Waals surface area contributed by atoms with Crippen LogP contribution < -0.4 is 5.32 Å². The molecule has 110 valence electrons. The van der Waals surface area contributed by atoms with Crippen molar-refractivity contribution in [1.82, 2.24) is 0 Å². The lowest BCUT2D eigenvalue weighted by molar-refractivity contribution is 0.412. The third-order valence-electron chi connectivity index (χ3n) is 4.55. The Bertz CT molecular complexity index is 586. The van der Waals surface area contributed by atoms with Crippen molar-refractivity contribution in [2.24, 2.45) is 0 Å². The van der Waals surface area contributed by atoms with Crippen molar-refractivity contribution in [1.29, 1.82) is 0 Å². The van der Waals surface area contributed by atoms with Gasteiger partial charge >= 0.3 is 0 Å². The Morgan fingerprint density at radius 1 is 0.952 bits per heavy atom. The first-order valence-electron chi connectivity index (χ1n) is 7.80. The van der Waals surface area contributed by atoms with E-state index in [-0.39, 0.29) is 5.82 Å². The number of hydrogen-bond donors (Lipinski definition) is 1. The number of hydrogen-bond acceptors (Lipinski definition) is 1. The first-order valence-corrected chi connectivity index (χ1v) is 7.80. The summed E-state index contributed by atoms with van der Waals surface area (Å²) in [5.74, 6) is 0.532. The lowest BCUT2D eigenvalue weighted by Crippen LogP contribution is -2.25. The van der Waals surface area contributed by atoms with Crippen LogP contribution >= 0.6 is 0 Å². The Morgan fingerprint density at radius 2 is 1.67 bits per heavy atom. The zero-order valence-corrected chi connectivity index (χ0v) is 12.5. The maximum atomic E-state index is 13.1. The minimum Gasteiger partial charge on any atom is -0.382 e. The lowest BCUT2D eigenvalue weighted by Gasteiger charge is -2.30. The van der Waals surface area contributed by atoms with Gasteiger partial charge in [0.25, 0.3) is 0 Å². The van der Waals surface area contributed by atoms with Gasteiger partial charge in [-0.05, 0) is 67.9 Å². The summed E-state index contributed by atoms with van der Waals surface area (Å²) in [6, 6.07) is 16.3. The molecule has 2 aromatic carbocycles. The van der Waals surface area contributed by atoms with E-state index in [9.17, 15) is 4.39 Å². The summed E-state index contributed by atoms with van der Waals surface area (Å²) in [5.41, 5.74) is 3.52. The third-order valence-corrected chi connectivity index (χ3v) is 4.55. The number of anilines is 1. The highest BCUT2D eigenvalue weighted by Crippen LogP contribution is 2.34. The van der Waals surface area contributed by atoms with Crippen LogP contribution in [0.3, 0.4) is 0 Å². The van der Waals surface area contributed by atoms with Crippen LogP contribution in [-0.2, 0) is 0 Å². The molecule has 1 aliphatic carbocycles. The summed E-state index contributed by atoms with van der Waals surface area (Å²) in [7, 11) is 0. The van der Waals surface area contributed by atoms with Crippen LogP contribution in [-0.4, -0.2) is 6.04 Å². The van der Waals surface area contributed by atoms with Crippen molar-refractivity contribution >= 4 is 5.69 Å². The lowest BCUT2D eigenvalue weighted by atomic mass is 9.81. The molecule has 0 amide bonds. The largest absolute Gasteiger partial charge is 0.382 e. The summed E-state index contributed by atoms with van der Waals surface area (Å²) >= 11 is 0. The van der Waals surface area contributed by atoms with Crippen molar-refractivity contribution in [3.63, 3.8) is 0 Å². The summed E-state index contributed by atoms with van der Waals surface area (Å²) in [6.45, 7) is 1.96. The number of rotatable bonds is 3. The molecule has 1 aliphatic rings. The predicted octanol–water partition coefficient (Wildman–Crippen LogP) is 5.27. The molecule has 0 bridgehead atoms. The van der Waals surface area contributed by atoms with Crippen LogP contribution in [0.2, 0.25) is 0 Å². The molecule has 0 aliphatic heterocycles. The highest BCUT2D eigenvalue weighted by Gasteiger charge is 2.22. The molecule has 0 aromatic heterocycles. The molecule has 0 unspecified atom stereocenters. The normalized spacial score (nSPS) is 22.0. The molecule has 1 fully saturated rings. The fourth-order valence-corrected chi connectivity index (χ4v) is 3.31. The Hall–Kier alpha value is -1.83. The van der Waals surface area contributed by atoms with Crippen molar-refractivity contribution in [3.8, 4) is 0 Å². The van der Waals surface area contributed by atoms with Crippen LogP contribution in [0.1, 0.15) is 42.7 Å². The number of aryl methyl sites for hydroxylation is 1. The average molecular weight is 283 g/mol. The zero-order valence-electron chi connectivity index (χ0n) is 12.5. The Kier molecular flexibility index (Phi) is 4.23. The Morgan fingerprint density at radius 3 is 2.33 bits per heavy atom. The monoisotopic (exact) mass is 283 g/mol. The van der Waals surface area contributed by atoms with Crippen LogP contribution in [0.5, 0.6) is 0 Å². The molecule has 0 atom stereocenters. The number of halogens is 1. The highest BCUT2D eigenvalue weighted by molar-refractivity contribution is 5.51. The molecule has 1 N–H and O–H groups in total. The van der Waals surface area contributed by atoms with E-state index in [4.69, 9.17) is 0 Å². The van der Waals surface area contributed by atoms with Crippen LogP contribution in [0.4, 0.5) is 10.1 Å². The SMILES string of the molecule is Cc1cc(F)ccc1NC1CCC(c2ccccc2)CC1. The Balaban J connectivity index is 1.59. The quantitative estimate of drug-likeness (QED) is 0.809. The molecular formula is C19H22FN. The standard InChI is InChI=1S/C19H22FN/c1-14-13-17(20)9-12-19(14)21-18-10-7-16(8-11-18)15-5-3-2-4-6-15/h2-6,9,12-13,16,18,21H,7-8,10-11H2,1H3. The number of benzene rings is 2. The van der Waals surface area contributed by atoms with Gasteiger partial charge in [0.15, 0.2) is 0 Å². The first-order chi connectivity index (χ1) is 10.2. The molecule has 0 heterocycles. The van der Waals surface area contributed by atoms with E-state index in [2.05, 4.69) is 35.6 Å². The minimum atomic E-state index is -0.161. The third kappa shape index (κ3) is 3.44. The maximum absolute atomic E-state index is 13.1. The molecule has 0 spiro atoms. The van der Waals surface area contributed by atoms with Crippen LogP contribution in [0.15, 0.2) is 48.5 Å². The first kappa shape index (κ1) is 14.1. The molecule has 21 heavy (non-hydrogen) atoms. The van der Waals surface area contributed by atoms with Gasteiger partial charge in [-0.25, -0.2) is 4.39 Å². The van der Waals surface area contributed by atoms with Gasteiger partial charge in [-0.2, -0.15) is 0 Å². The van der Waals surface area contributed by atoms with Gasteiger partial charge in [-0.3, -0.25) is 0 Å². The molecule has 0 radical (unpaired) electrons. The van der Waals surface area contributed by atoms with Gasteiger partial charge in [0.1, 0.15) is 5.82 Å². The second-order valence-electron chi connectivity index (χ2n) is 6.06. The van der Waals surface area contributed by atoms with E-state index in [0.717, 1.165) is 11.3 Å². The maximum Gasteiger partial charge on any atom is 0.123 e. The minimum absolute atomic E-state index is 0.161. The van der Waals surface area contributed by atoms with Gasteiger partial charge in [-0.15, -0.1) is 0 Å². The van der Waals surface area contributed by atoms with Crippen molar-refractivity contribution in [2.75, 3.05) is 5.32 Å². The summed E-state index contributed by atoms with van der Waals surface area (Å²) in [5, 5.41) is 3.58. The fraction of sp³-hybridized carbons (Fsp3) is 0.368. The van der Waals surface area contributed by atoms with Gasteiger partial charge in [0.05, 0.1) is 0 Å². The average Bonchev–Trinajstić information content (AvgIpc) is 2.52. The molecule has 2 heteroatoms. The van der Waals surface area contributed by atoms with E-state index in [1.54, 1.807) is 6.07 Å². The van der Waals surface area contributed by atoms with Crippen molar-refractivity contribution in [2.45, 2.75) is 44.6 Å². The molecule has 1 nitrogen and oxygen atoms in total. The van der Waals surface area contributed by atoms with Crippen molar-refractivity contribution < 1.29 is 4.39 Å². The van der Waals surface area contributed by atoms with E-state index in [1.807, 2.05) is 13.0 Å². The summed E-state index contributed by atoms with van der Waals surface area (Å²) in [4.78, 5) is 0. The van der Waals surface area contributed by atoms with Gasteiger partial charge in [-0.1, -0.05) is 30.3 Å². The zero-order chi connectivity index (χ0) is 14.7. The second-order valence-corrected chi connectivity index (χ2v) is 6.06. The van der Waals surface area contributed by atoms with E-state index in [0.29, 0.717) is 12.0 Å². The second kappa shape index (κ2) is 6.30. The van der Waals surface area contributed by atoms with Gasteiger partial charge < -0.3 is 5.32 Å². The van der Waals surface area contributed by atoms with Crippen LogP contribution in [0, 0.1) is 12.7 Å².